The second kappa shape index (κ2) is 26.2. The first kappa shape index (κ1) is 38.7. The number of hydrogen-bond donors (Lipinski definition) is 0. The summed E-state index contributed by atoms with van der Waals surface area (Å²) in [6, 6.07) is 18.4. The average molecular weight is 646 g/mol. The summed E-state index contributed by atoms with van der Waals surface area (Å²) in [5, 5.41) is 4.32. The lowest BCUT2D eigenvalue weighted by molar-refractivity contribution is 0.304. The molecule has 1 aromatic heterocycles. The van der Waals surface area contributed by atoms with Gasteiger partial charge in [0.25, 0.3) is 0 Å². The van der Waals surface area contributed by atoms with Gasteiger partial charge in [-0.1, -0.05) is 160 Å². The van der Waals surface area contributed by atoms with Crippen LogP contribution in [0.4, 0.5) is 0 Å². The summed E-state index contributed by atoms with van der Waals surface area (Å²) in [5.41, 5.74) is 2.86. The van der Waals surface area contributed by atoms with E-state index in [2.05, 4.69) is 43.3 Å². The summed E-state index contributed by atoms with van der Waals surface area (Å²) in [5.74, 6) is 2.59. The minimum absolute atomic E-state index is 0.764. The van der Waals surface area contributed by atoms with E-state index < -0.39 is 0 Å². The molecule has 0 atom stereocenters. The topological polar surface area (TPSA) is 44.5 Å². The first-order chi connectivity index (χ1) is 23.3. The van der Waals surface area contributed by atoms with E-state index in [0.717, 1.165) is 60.1 Å². The Balaban J connectivity index is 1.22. The Labute approximate surface area is 288 Å². The Bertz CT molecular complexity index is 1030. The highest BCUT2D eigenvalue weighted by Gasteiger charge is 2.09. The Morgan fingerprint density at radius 1 is 0.426 bits per heavy atom. The maximum Gasteiger partial charge on any atom is 0.167 e. The Kier molecular flexibility index (Phi) is 21.6. The molecule has 0 aliphatic heterocycles. The van der Waals surface area contributed by atoms with Crippen molar-refractivity contribution in [2.75, 3.05) is 13.2 Å². The Hall–Kier alpha value is -2.75. The Morgan fingerprint density at radius 2 is 0.766 bits per heavy atom. The van der Waals surface area contributed by atoms with Crippen LogP contribution in [0.5, 0.6) is 11.5 Å². The Morgan fingerprint density at radius 3 is 1.15 bits per heavy atom. The fraction of sp³-hybridized carbons (Fsp3) is 0.651. The van der Waals surface area contributed by atoms with E-state index in [-0.39, 0.29) is 0 Å². The van der Waals surface area contributed by atoms with Gasteiger partial charge in [0.15, 0.2) is 5.76 Å². The van der Waals surface area contributed by atoms with Crippen LogP contribution in [-0.4, -0.2) is 18.4 Å². The molecule has 47 heavy (non-hydrogen) atoms. The van der Waals surface area contributed by atoms with Crippen LogP contribution in [0, 0.1) is 0 Å². The van der Waals surface area contributed by atoms with Crippen molar-refractivity contribution >= 4 is 0 Å². The summed E-state index contributed by atoms with van der Waals surface area (Å²) >= 11 is 0. The van der Waals surface area contributed by atoms with E-state index in [1.807, 2.05) is 30.3 Å². The summed E-state index contributed by atoms with van der Waals surface area (Å²) in [7, 11) is 0. The fourth-order valence-electron chi connectivity index (χ4n) is 6.25. The summed E-state index contributed by atoms with van der Waals surface area (Å²) < 4.78 is 17.7. The van der Waals surface area contributed by atoms with Gasteiger partial charge in [-0.05, 0) is 61.4 Å². The number of aromatic nitrogens is 1. The molecular formula is C43H67NO3. The first-order valence-electron chi connectivity index (χ1n) is 19.7. The van der Waals surface area contributed by atoms with Crippen LogP contribution in [0.1, 0.15) is 168 Å². The van der Waals surface area contributed by atoms with Crippen molar-refractivity contribution in [2.24, 2.45) is 0 Å². The molecule has 3 aromatic rings. The van der Waals surface area contributed by atoms with E-state index in [0.29, 0.717) is 0 Å². The van der Waals surface area contributed by atoms with Crippen LogP contribution in [0.2, 0.25) is 0 Å². The fourth-order valence-corrected chi connectivity index (χ4v) is 6.25. The molecule has 0 spiro atoms. The molecule has 0 radical (unpaired) electrons. The second-order valence-corrected chi connectivity index (χ2v) is 13.6. The van der Waals surface area contributed by atoms with E-state index in [1.165, 1.54) is 141 Å². The zero-order valence-corrected chi connectivity index (χ0v) is 30.3. The van der Waals surface area contributed by atoms with Crippen LogP contribution in [0.15, 0.2) is 59.1 Å². The molecule has 1 heterocycles. The lowest BCUT2D eigenvalue weighted by atomic mass is 10.1. The minimum atomic E-state index is 0.764. The third kappa shape index (κ3) is 17.8. The van der Waals surface area contributed by atoms with Gasteiger partial charge in [-0.2, -0.15) is 0 Å². The third-order valence-electron chi connectivity index (χ3n) is 9.33. The highest BCUT2D eigenvalue weighted by atomic mass is 16.5. The number of benzene rings is 2. The highest BCUT2D eigenvalue weighted by molar-refractivity contribution is 5.67. The maximum absolute atomic E-state index is 6.00. The molecule has 0 fully saturated rings. The number of nitrogens with zero attached hydrogens (tertiary/aromatic N) is 1. The van der Waals surface area contributed by atoms with Gasteiger partial charge in [0, 0.05) is 17.2 Å². The summed E-state index contributed by atoms with van der Waals surface area (Å²) in [6.45, 7) is 6.13. The number of unbranched alkanes of at least 4 members (excludes halogenated alkanes) is 22. The predicted molar refractivity (Wildman–Crippen MR) is 201 cm³/mol. The van der Waals surface area contributed by atoms with E-state index in [4.69, 9.17) is 14.0 Å². The molecular weight excluding hydrogens is 578 g/mol. The van der Waals surface area contributed by atoms with Crippen molar-refractivity contribution in [1.82, 2.24) is 5.16 Å². The molecule has 0 amide bonds. The summed E-state index contributed by atoms with van der Waals surface area (Å²) in [4.78, 5) is 0. The molecule has 0 bridgehead atoms. The molecule has 0 saturated heterocycles. The van der Waals surface area contributed by atoms with E-state index in [9.17, 15) is 0 Å². The average Bonchev–Trinajstić information content (AvgIpc) is 3.60. The minimum Gasteiger partial charge on any atom is -0.494 e. The van der Waals surface area contributed by atoms with Crippen LogP contribution in [0.25, 0.3) is 22.6 Å². The van der Waals surface area contributed by atoms with Crippen LogP contribution >= 0.6 is 0 Å². The molecule has 0 aliphatic rings. The van der Waals surface area contributed by atoms with Gasteiger partial charge in [-0.25, -0.2) is 0 Å². The standard InChI is InChI=1S/C43H67NO3/c1-3-5-7-9-11-13-15-17-19-21-23-25-35-45-40-31-27-38(28-32-40)42-37-43(47-44-42)39-29-33-41(34-30-39)46-36-26-24-22-20-18-16-14-12-10-8-6-4-2/h27-34,37H,3-26,35-36H2,1-2H3. The molecule has 0 saturated carbocycles. The molecule has 0 unspecified atom stereocenters. The summed E-state index contributed by atoms with van der Waals surface area (Å²) in [6.07, 6.45) is 32.6. The van der Waals surface area contributed by atoms with Crippen molar-refractivity contribution in [3.8, 4) is 34.1 Å². The maximum atomic E-state index is 6.00. The third-order valence-corrected chi connectivity index (χ3v) is 9.33. The number of hydrogen-bond acceptors (Lipinski definition) is 4. The highest BCUT2D eigenvalue weighted by Crippen LogP contribution is 2.28. The van der Waals surface area contributed by atoms with Crippen LogP contribution < -0.4 is 9.47 Å². The smallest absolute Gasteiger partial charge is 0.167 e. The molecule has 4 nitrogen and oxygen atoms in total. The zero-order chi connectivity index (χ0) is 33.0. The van der Waals surface area contributed by atoms with Gasteiger partial charge in [0.1, 0.15) is 17.2 Å². The van der Waals surface area contributed by atoms with Gasteiger partial charge in [0.2, 0.25) is 0 Å². The van der Waals surface area contributed by atoms with Crippen LogP contribution in [0.3, 0.4) is 0 Å². The van der Waals surface area contributed by atoms with Crippen molar-refractivity contribution < 1.29 is 14.0 Å². The predicted octanol–water partition coefficient (Wildman–Crippen LogP) is 14.2. The molecule has 2 aromatic carbocycles. The first-order valence-corrected chi connectivity index (χ1v) is 19.7. The molecule has 0 aliphatic carbocycles. The molecule has 262 valence electrons. The second-order valence-electron chi connectivity index (χ2n) is 13.6. The van der Waals surface area contributed by atoms with Gasteiger partial charge in [0.05, 0.1) is 13.2 Å². The molecule has 3 rings (SSSR count). The monoisotopic (exact) mass is 646 g/mol. The van der Waals surface area contributed by atoms with Crippen molar-refractivity contribution in [3.05, 3.63) is 54.6 Å². The van der Waals surface area contributed by atoms with Gasteiger partial charge < -0.3 is 14.0 Å². The van der Waals surface area contributed by atoms with E-state index in [1.54, 1.807) is 0 Å². The SMILES string of the molecule is CCCCCCCCCCCCCCOc1ccc(-c2cc(-c3ccc(OCCCCCCCCCCCCCC)cc3)on2)cc1. The normalized spacial score (nSPS) is 11.3. The number of rotatable bonds is 30. The molecule has 0 N–H and O–H groups in total. The lowest BCUT2D eigenvalue weighted by Crippen LogP contribution is -1.97. The molecule has 4 heteroatoms. The van der Waals surface area contributed by atoms with Crippen molar-refractivity contribution in [1.29, 1.82) is 0 Å². The number of ether oxygens (including phenoxy) is 2. The van der Waals surface area contributed by atoms with E-state index >= 15 is 0 Å². The lowest BCUT2D eigenvalue weighted by Gasteiger charge is -2.07. The quantitative estimate of drug-likeness (QED) is 0.0677. The van der Waals surface area contributed by atoms with Gasteiger partial charge in [-0.3, -0.25) is 0 Å². The van der Waals surface area contributed by atoms with Crippen LogP contribution in [-0.2, 0) is 0 Å². The van der Waals surface area contributed by atoms with Gasteiger partial charge in [-0.15, -0.1) is 0 Å². The van der Waals surface area contributed by atoms with Gasteiger partial charge >= 0.3 is 0 Å². The van der Waals surface area contributed by atoms with Crippen molar-refractivity contribution in [3.63, 3.8) is 0 Å². The largest absolute Gasteiger partial charge is 0.494 e. The zero-order valence-electron chi connectivity index (χ0n) is 30.3. The van der Waals surface area contributed by atoms with Crippen molar-refractivity contribution in [2.45, 2.75) is 168 Å².